The van der Waals surface area contributed by atoms with E-state index in [1.165, 1.54) is 11.1 Å². The van der Waals surface area contributed by atoms with Crippen molar-refractivity contribution < 1.29 is 13.2 Å². The van der Waals surface area contributed by atoms with Crippen LogP contribution in [0.4, 0.5) is 13.2 Å². The van der Waals surface area contributed by atoms with Gasteiger partial charge in [0.15, 0.2) is 11.7 Å². The van der Waals surface area contributed by atoms with Gasteiger partial charge in [-0.15, -0.1) is 35.3 Å². The molecule has 2 N–H and O–H groups in total. The number of halogens is 4. The van der Waals surface area contributed by atoms with Gasteiger partial charge in [0.05, 0.1) is 6.54 Å². The second-order valence-corrected chi connectivity index (χ2v) is 6.28. The predicted octanol–water partition coefficient (Wildman–Crippen LogP) is 4.26. The Labute approximate surface area is 166 Å². The highest BCUT2D eigenvalue weighted by molar-refractivity contribution is 14.0. The van der Waals surface area contributed by atoms with Crippen LogP contribution >= 0.6 is 35.3 Å². The number of rotatable bonds is 4. The van der Waals surface area contributed by atoms with Crippen LogP contribution in [0.2, 0.25) is 0 Å². The minimum absolute atomic E-state index is 0. The molecule has 0 spiro atoms. The monoisotopic (exact) mass is 484 g/mol. The van der Waals surface area contributed by atoms with Gasteiger partial charge in [0.25, 0.3) is 0 Å². The van der Waals surface area contributed by atoms with Gasteiger partial charge in [-0.05, 0) is 25.0 Å². The summed E-state index contributed by atoms with van der Waals surface area (Å²) in [7, 11) is 1.61. The molecule has 0 amide bonds. The number of benzene rings is 1. The largest absolute Gasteiger partial charge is 0.434 e. The number of guanidine groups is 1. The van der Waals surface area contributed by atoms with Gasteiger partial charge in [0.2, 0.25) is 0 Å². The highest BCUT2D eigenvalue weighted by atomic mass is 127. The molecule has 0 aliphatic heterocycles. The molecule has 0 atom stereocenters. The standard InChI is InChI=1S/C16H19F3N4S.HI/c1-10-4-5-12(11(2)6-10)7-21-15(20-3)22-8-14-23-13(9-24-14)16(17,18)19;/h4-6,9H,7-8H2,1-3H3,(H2,20,21,22);1H. The maximum Gasteiger partial charge on any atom is 0.434 e. The first-order valence-electron chi connectivity index (χ1n) is 7.32. The Morgan fingerprint density at radius 1 is 1.20 bits per heavy atom. The molecule has 0 saturated carbocycles. The van der Waals surface area contributed by atoms with E-state index >= 15 is 0 Å². The van der Waals surface area contributed by atoms with E-state index in [2.05, 4.69) is 26.7 Å². The van der Waals surface area contributed by atoms with Gasteiger partial charge in [-0.1, -0.05) is 23.8 Å². The normalized spacial score (nSPS) is 11.8. The molecule has 1 aromatic carbocycles. The number of nitrogens with one attached hydrogen (secondary N) is 2. The molecule has 0 aliphatic carbocycles. The lowest BCUT2D eigenvalue weighted by molar-refractivity contribution is -0.140. The minimum Gasteiger partial charge on any atom is -0.352 e. The van der Waals surface area contributed by atoms with Crippen LogP contribution in [-0.2, 0) is 19.3 Å². The Hall–Kier alpha value is -1.36. The molecule has 1 aromatic heterocycles. The summed E-state index contributed by atoms with van der Waals surface area (Å²) in [6.45, 7) is 4.84. The van der Waals surface area contributed by atoms with Crippen LogP contribution in [0.3, 0.4) is 0 Å². The lowest BCUT2D eigenvalue weighted by Gasteiger charge is -2.12. The van der Waals surface area contributed by atoms with Crippen LogP contribution in [0.15, 0.2) is 28.6 Å². The summed E-state index contributed by atoms with van der Waals surface area (Å²) in [5.41, 5.74) is 2.65. The van der Waals surface area contributed by atoms with Crippen molar-refractivity contribution in [3.05, 3.63) is 51.0 Å². The molecule has 0 unspecified atom stereocenters. The van der Waals surface area contributed by atoms with Crippen molar-refractivity contribution in [2.45, 2.75) is 33.1 Å². The fourth-order valence-electron chi connectivity index (χ4n) is 2.13. The average Bonchev–Trinajstić information content (AvgIpc) is 2.98. The smallest absolute Gasteiger partial charge is 0.352 e. The quantitative estimate of drug-likeness (QED) is 0.388. The zero-order valence-corrected chi connectivity index (χ0v) is 17.2. The van der Waals surface area contributed by atoms with Crippen molar-refractivity contribution in [1.29, 1.82) is 0 Å². The number of thiazole rings is 1. The van der Waals surface area contributed by atoms with Gasteiger partial charge >= 0.3 is 6.18 Å². The summed E-state index contributed by atoms with van der Waals surface area (Å²) < 4.78 is 37.6. The van der Waals surface area contributed by atoms with Crippen molar-refractivity contribution in [2.75, 3.05) is 7.05 Å². The molecule has 0 fully saturated rings. The second kappa shape index (κ2) is 9.37. The fourth-order valence-corrected chi connectivity index (χ4v) is 2.87. The van der Waals surface area contributed by atoms with E-state index in [-0.39, 0.29) is 30.5 Å². The Balaban J connectivity index is 0.00000312. The molecule has 4 nitrogen and oxygen atoms in total. The van der Waals surface area contributed by atoms with Gasteiger partial charge < -0.3 is 10.6 Å². The van der Waals surface area contributed by atoms with Crippen LogP contribution < -0.4 is 10.6 Å². The minimum atomic E-state index is -4.41. The molecule has 0 aliphatic rings. The number of aliphatic imine (C=N–C) groups is 1. The number of aryl methyl sites for hydroxylation is 2. The van der Waals surface area contributed by atoms with Gasteiger partial charge in [0.1, 0.15) is 5.01 Å². The molecule has 25 heavy (non-hydrogen) atoms. The summed E-state index contributed by atoms with van der Waals surface area (Å²) in [6.07, 6.45) is -4.41. The maximum atomic E-state index is 12.5. The lowest BCUT2D eigenvalue weighted by Crippen LogP contribution is -2.36. The summed E-state index contributed by atoms with van der Waals surface area (Å²) >= 11 is 0.971. The van der Waals surface area contributed by atoms with Crippen molar-refractivity contribution in [3.8, 4) is 0 Å². The topological polar surface area (TPSA) is 49.3 Å². The Morgan fingerprint density at radius 3 is 2.44 bits per heavy atom. The number of nitrogens with zero attached hydrogens (tertiary/aromatic N) is 2. The van der Waals surface area contributed by atoms with E-state index in [4.69, 9.17) is 0 Å². The van der Waals surface area contributed by atoms with Crippen LogP contribution in [0.25, 0.3) is 0 Å². The molecule has 138 valence electrons. The Kier molecular flexibility index (Phi) is 8.13. The molecular formula is C16H20F3IN4S. The Morgan fingerprint density at radius 2 is 1.88 bits per heavy atom. The third-order valence-electron chi connectivity index (χ3n) is 3.42. The first-order chi connectivity index (χ1) is 11.3. The summed E-state index contributed by atoms with van der Waals surface area (Å²) in [5.74, 6) is 0.513. The van der Waals surface area contributed by atoms with Gasteiger partial charge in [0, 0.05) is 19.0 Å². The number of hydrogen-bond donors (Lipinski definition) is 2. The third kappa shape index (κ3) is 6.46. The molecule has 0 bridgehead atoms. The molecule has 2 aromatic rings. The van der Waals surface area contributed by atoms with Crippen LogP contribution in [0, 0.1) is 13.8 Å². The van der Waals surface area contributed by atoms with Gasteiger partial charge in [-0.25, -0.2) is 4.98 Å². The molecule has 0 radical (unpaired) electrons. The number of hydrogen-bond acceptors (Lipinski definition) is 3. The highest BCUT2D eigenvalue weighted by Crippen LogP contribution is 2.29. The van der Waals surface area contributed by atoms with Crippen molar-refractivity contribution in [3.63, 3.8) is 0 Å². The number of aromatic nitrogens is 1. The SMILES string of the molecule is CN=C(NCc1nc(C(F)(F)F)cs1)NCc1ccc(C)cc1C.I. The summed E-state index contributed by atoms with van der Waals surface area (Å²) in [4.78, 5) is 7.65. The second-order valence-electron chi connectivity index (χ2n) is 5.33. The van der Waals surface area contributed by atoms with Crippen LogP contribution in [0.1, 0.15) is 27.4 Å². The highest BCUT2D eigenvalue weighted by Gasteiger charge is 2.33. The van der Waals surface area contributed by atoms with E-state index in [0.717, 1.165) is 22.3 Å². The predicted molar refractivity (Wildman–Crippen MR) is 105 cm³/mol. The average molecular weight is 484 g/mol. The van der Waals surface area contributed by atoms with Gasteiger partial charge in [-0.3, -0.25) is 4.99 Å². The lowest BCUT2D eigenvalue weighted by atomic mass is 10.1. The van der Waals surface area contributed by atoms with Crippen LogP contribution in [0.5, 0.6) is 0 Å². The Bertz CT molecular complexity index is 728. The van der Waals surface area contributed by atoms with E-state index in [1.54, 1.807) is 7.05 Å². The van der Waals surface area contributed by atoms with E-state index in [1.807, 2.05) is 26.0 Å². The van der Waals surface area contributed by atoms with Gasteiger partial charge in [-0.2, -0.15) is 13.2 Å². The summed E-state index contributed by atoms with van der Waals surface area (Å²) in [5, 5.41) is 7.49. The van der Waals surface area contributed by atoms with E-state index < -0.39 is 11.9 Å². The van der Waals surface area contributed by atoms with Crippen molar-refractivity contribution in [1.82, 2.24) is 15.6 Å². The molecule has 1 heterocycles. The fraction of sp³-hybridized carbons (Fsp3) is 0.375. The molecular weight excluding hydrogens is 464 g/mol. The zero-order chi connectivity index (χ0) is 17.7. The molecule has 0 saturated heterocycles. The molecule has 2 rings (SSSR count). The van der Waals surface area contributed by atoms with E-state index in [0.29, 0.717) is 17.5 Å². The van der Waals surface area contributed by atoms with E-state index in [9.17, 15) is 13.2 Å². The molecule has 9 heteroatoms. The third-order valence-corrected chi connectivity index (χ3v) is 4.27. The van der Waals surface area contributed by atoms with Crippen LogP contribution in [-0.4, -0.2) is 18.0 Å². The summed E-state index contributed by atoms with van der Waals surface area (Å²) in [6, 6.07) is 6.18. The zero-order valence-electron chi connectivity index (χ0n) is 14.1. The first kappa shape index (κ1) is 21.7. The van der Waals surface area contributed by atoms with Crippen molar-refractivity contribution in [2.24, 2.45) is 4.99 Å². The van der Waals surface area contributed by atoms with Crippen molar-refractivity contribution >= 4 is 41.3 Å². The maximum absolute atomic E-state index is 12.5. The number of alkyl halides is 3. The first-order valence-corrected chi connectivity index (χ1v) is 8.20.